The highest BCUT2D eigenvalue weighted by Crippen LogP contribution is 2.36. The van der Waals surface area contributed by atoms with Gasteiger partial charge in [0.15, 0.2) is 0 Å². The first-order valence-corrected chi connectivity index (χ1v) is 10.5. The second-order valence-electron chi connectivity index (χ2n) is 8.45. The van der Waals surface area contributed by atoms with Gasteiger partial charge in [0.25, 0.3) is 11.8 Å². The summed E-state index contributed by atoms with van der Waals surface area (Å²) in [5.74, 6) is 1.17. The Morgan fingerprint density at radius 1 is 0.900 bits per heavy atom. The molecular weight excluding hydrogens is 376 g/mol. The highest BCUT2D eigenvalue weighted by Gasteiger charge is 2.43. The molecule has 2 aliphatic heterocycles. The number of imide groups is 1. The largest absolute Gasteiger partial charge is 0.496 e. The Balaban J connectivity index is 1.74. The van der Waals surface area contributed by atoms with Gasteiger partial charge in [-0.1, -0.05) is 62.4 Å². The maximum absolute atomic E-state index is 13.6. The van der Waals surface area contributed by atoms with Gasteiger partial charge in [0.05, 0.1) is 19.2 Å². The molecule has 2 aromatic carbocycles. The van der Waals surface area contributed by atoms with Crippen molar-refractivity contribution in [2.24, 2.45) is 11.8 Å². The quantitative estimate of drug-likeness (QED) is 0.708. The molecule has 2 atom stereocenters. The van der Waals surface area contributed by atoms with E-state index in [-0.39, 0.29) is 18.4 Å². The molecule has 0 aromatic heterocycles. The van der Waals surface area contributed by atoms with E-state index in [0.29, 0.717) is 28.9 Å². The SMILES string of the molecule is COc1ccccc1CN1C(=O)C(c2ccccc2)=C(N2CC(C)CC(C)C2)C1=O. The Morgan fingerprint density at radius 2 is 1.53 bits per heavy atom. The number of hydrogen-bond donors (Lipinski definition) is 0. The summed E-state index contributed by atoms with van der Waals surface area (Å²) in [5.41, 5.74) is 2.66. The molecule has 2 heterocycles. The number of benzene rings is 2. The minimum absolute atomic E-state index is 0.195. The van der Waals surface area contributed by atoms with E-state index < -0.39 is 0 Å². The second kappa shape index (κ2) is 8.34. The summed E-state index contributed by atoms with van der Waals surface area (Å²) >= 11 is 0. The zero-order valence-corrected chi connectivity index (χ0v) is 17.8. The van der Waals surface area contributed by atoms with E-state index in [0.717, 1.165) is 30.6 Å². The number of carbonyl (C=O) groups is 2. The van der Waals surface area contributed by atoms with E-state index in [2.05, 4.69) is 18.7 Å². The van der Waals surface area contributed by atoms with Gasteiger partial charge < -0.3 is 9.64 Å². The molecule has 0 N–H and O–H groups in total. The number of nitrogens with zero attached hydrogens (tertiary/aromatic N) is 2. The summed E-state index contributed by atoms with van der Waals surface area (Å²) in [6, 6.07) is 17.1. The van der Waals surface area contributed by atoms with Crippen LogP contribution in [0, 0.1) is 11.8 Å². The van der Waals surface area contributed by atoms with E-state index in [4.69, 9.17) is 4.74 Å². The molecule has 2 amide bonds. The van der Waals surface area contributed by atoms with Crippen molar-refractivity contribution in [1.82, 2.24) is 9.80 Å². The molecule has 30 heavy (non-hydrogen) atoms. The summed E-state index contributed by atoms with van der Waals surface area (Å²) in [7, 11) is 1.60. The van der Waals surface area contributed by atoms with Crippen LogP contribution in [0.15, 0.2) is 60.3 Å². The van der Waals surface area contributed by atoms with Crippen molar-refractivity contribution in [3.63, 3.8) is 0 Å². The predicted molar refractivity (Wildman–Crippen MR) is 116 cm³/mol. The van der Waals surface area contributed by atoms with Crippen molar-refractivity contribution in [3.8, 4) is 5.75 Å². The summed E-state index contributed by atoms with van der Waals surface area (Å²) < 4.78 is 5.44. The molecule has 1 fully saturated rings. The van der Waals surface area contributed by atoms with Crippen LogP contribution < -0.4 is 4.74 Å². The molecule has 2 aromatic rings. The van der Waals surface area contributed by atoms with Crippen LogP contribution in [0.25, 0.3) is 5.57 Å². The predicted octanol–water partition coefficient (Wildman–Crippen LogP) is 3.95. The number of methoxy groups -OCH3 is 1. The Kier molecular flexibility index (Phi) is 5.62. The molecule has 0 radical (unpaired) electrons. The van der Waals surface area contributed by atoms with Crippen molar-refractivity contribution < 1.29 is 14.3 Å². The topological polar surface area (TPSA) is 49.9 Å². The highest BCUT2D eigenvalue weighted by molar-refractivity contribution is 6.35. The average Bonchev–Trinajstić information content (AvgIpc) is 2.99. The monoisotopic (exact) mass is 404 g/mol. The van der Waals surface area contributed by atoms with E-state index in [1.807, 2.05) is 54.6 Å². The Hall–Kier alpha value is -3.08. The van der Waals surface area contributed by atoms with Gasteiger partial charge in [-0.15, -0.1) is 0 Å². The number of piperidine rings is 1. The zero-order valence-electron chi connectivity index (χ0n) is 17.8. The Morgan fingerprint density at radius 3 is 2.20 bits per heavy atom. The van der Waals surface area contributed by atoms with Crippen LogP contribution in [0.2, 0.25) is 0 Å². The van der Waals surface area contributed by atoms with Gasteiger partial charge in [0.1, 0.15) is 11.4 Å². The van der Waals surface area contributed by atoms with Crippen molar-refractivity contribution >= 4 is 17.4 Å². The first-order valence-electron chi connectivity index (χ1n) is 10.5. The fraction of sp³-hybridized carbons (Fsp3) is 0.360. The second-order valence-corrected chi connectivity index (χ2v) is 8.45. The molecule has 4 rings (SSSR count). The van der Waals surface area contributed by atoms with Crippen molar-refractivity contribution in [2.45, 2.75) is 26.8 Å². The third kappa shape index (κ3) is 3.72. The van der Waals surface area contributed by atoms with Crippen LogP contribution >= 0.6 is 0 Å². The normalized spacial score (nSPS) is 22.1. The van der Waals surface area contributed by atoms with Crippen LogP contribution in [0.3, 0.4) is 0 Å². The molecular formula is C25H28N2O3. The van der Waals surface area contributed by atoms with E-state index in [1.165, 1.54) is 4.90 Å². The Labute approximate surface area is 177 Å². The lowest BCUT2D eigenvalue weighted by Crippen LogP contribution is -2.41. The molecule has 0 aliphatic carbocycles. The molecule has 5 heteroatoms. The molecule has 156 valence electrons. The number of carbonyl (C=O) groups excluding carboxylic acids is 2. The van der Waals surface area contributed by atoms with Gasteiger partial charge in [-0.3, -0.25) is 14.5 Å². The fourth-order valence-electron chi connectivity index (χ4n) is 4.71. The number of amides is 2. The van der Waals surface area contributed by atoms with Gasteiger partial charge in [-0.05, 0) is 29.9 Å². The number of para-hydroxylation sites is 1. The van der Waals surface area contributed by atoms with Crippen LogP contribution in [0.4, 0.5) is 0 Å². The highest BCUT2D eigenvalue weighted by atomic mass is 16.5. The minimum Gasteiger partial charge on any atom is -0.496 e. The average molecular weight is 405 g/mol. The van der Waals surface area contributed by atoms with Crippen LogP contribution in [0.5, 0.6) is 5.75 Å². The lowest BCUT2D eigenvalue weighted by Gasteiger charge is -2.37. The molecule has 1 saturated heterocycles. The third-order valence-corrected chi connectivity index (χ3v) is 5.91. The summed E-state index contributed by atoms with van der Waals surface area (Å²) in [6.45, 7) is 6.19. The molecule has 2 aliphatic rings. The van der Waals surface area contributed by atoms with Crippen LogP contribution in [0.1, 0.15) is 31.4 Å². The van der Waals surface area contributed by atoms with E-state index >= 15 is 0 Å². The minimum atomic E-state index is -0.238. The lowest BCUT2D eigenvalue weighted by atomic mass is 9.91. The van der Waals surface area contributed by atoms with Gasteiger partial charge in [-0.25, -0.2) is 0 Å². The van der Waals surface area contributed by atoms with Crippen LogP contribution in [-0.4, -0.2) is 41.8 Å². The lowest BCUT2D eigenvalue weighted by molar-refractivity contribution is -0.138. The van der Waals surface area contributed by atoms with Gasteiger partial charge in [0.2, 0.25) is 0 Å². The summed E-state index contributed by atoms with van der Waals surface area (Å²) in [4.78, 5) is 30.6. The number of rotatable bonds is 5. The van der Waals surface area contributed by atoms with Crippen molar-refractivity contribution in [2.75, 3.05) is 20.2 Å². The molecule has 2 unspecified atom stereocenters. The molecule has 5 nitrogen and oxygen atoms in total. The molecule has 0 saturated carbocycles. The first-order chi connectivity index (χ1) is 14.5. The first kappa shape index (κ1) is 20.2. The van der Waals surface area contributed by atoms with Gasteiger partial charge in [0, 0.05) is 18.7 Å². The van der Waals surface area contributed by atoms with E-state index in [1.54, 1.807) is 7.11 Å². The molecule has 0 spiro atoms. The Bertz CT molecular complexity index is 973. The molecule has 0 bridgehead atoms. The number of likely N-dealkylation sites (tertiary alicyclic amines) is 1. The fourth-order valence-corrected chi connectivity index (χ4v) is 4.71. The van der Waals surface area contributed by atoms with Crippen molar-refractivity contribution in [1.29, 1.82) is 0 Å². The number of ether oxygens (including phenoxy) is 1. The van der Waals surface area contributed by atoms with Crippen LogP contribution in [-0.2, 0) is 16.1 Å². The maximum atomic E-state index is 13.6. The van der Waals surface area contributed by atoms with Gasteiger partial charge in [-0.2, -0.15) is 0 Å². The van der Waals surface area contributed by atoms with Crippen molar-refractivity contribution in [3.05, 3.63) is 71.4 Å². The van der Waals surface area contributed by atoms with Gasteiger partial charge >= 0.3 is 0 Å². The third-order valence-electron chi connectivity index (χ3n) is 5.91. The smallest absolute Gasteiger partial charge is 0.278 e. The summed E-state index contributed by atoms with van der Waals surface area (Å²) in [5, 5.41) is 0. The van der Waals surface area contributed by atoms with E-state index in [9.17, 15) is 9.59 Å². The standard InChI is InChI=1S/C25H28N2O3/c1-17-13-18(2)15-26(14-17)23-22(19-9-5-4-6-10-19)24(28)27(25(23)29)16-20-11-7-8-12-21(20)30-3/h4-12,17-18H,13-16H2,1-3H3. The summed E-state index contributed by atoms with van der Waals surface area (Å²) in [6.07, 6.45) is 1.14. The maximum Gasteiger partial charge on any atom is 0.278 e. The zero-order chi connectivity index (χ0) is 21.3. The number of hydrogen-bond acceptors (Lipinski definition) is 4.